The molecular formula is C11H13N3. The van der Waals surface area contributed by atoms with Gasteiger partial charge in [0.2, 0.25) is 0 Å². The monoisotopic (exact) mass is 187 g/mol. The normalized spacial score (nSPS) is 22.9. The molecule has 0 aromatic heterocycles. The lowest BCUT2D eigenvalue weighted by Crippen LogP contribution is -2.41. The lowest BCUT2D eigenvalue weighted by molar-refractivity contribution is 0.728. The van der Waals surface area contributed by atoms with Crippen LogP contribution < -0.4 is 10.2 Å². The minimum atomic E-state index is 0.519. The van der Waals surface area contributed by atoms with Gasteiger partial charge in [0.1, 0.15) is 0 Å². The van der Waals surface area contributed by atoms with Crippen LogP contribution in [-0.4, -0.2) is 25.5 Å². The Morgan fingerprint density at radius 3 is 3.36 bits per heavy atom. The van der Waals surface area contributed by atoms with Crippen molar-refractivity contribution in [3.63, 3.8) is 0 Å². The first-order chi connectivity index (χ1) is 6.84. The lowest BCUT2D eigenvalue weighted by Gasteiger charge is -2.32. The fourth-order valence-corrected chi connectivity index (χ4v) is 2.11. The number of hydrogen-bond donors (Lipinski definition) is 1. The van der Waals surface area contributed by atoms with Crippen molar-refractivity contribution >= 4 is 17.7 Å². The molecule has 0 saturated carbocycles. The van der Waals surface area contributed by atoms with Crippen molar-refractivity contribution in [1.29, 1.82) is 0 Å². The largest absolute Gasteiger partial charge is 0.381 e. The summed E-state index contributed by atoms with van der Waals surface area (Å²) in [6, 6.07) is 7.03. The topological polar surface area (TPSA) is 27.6 Å². The highest BCUT2D eigenvalue weighted by Gasteiger charge is 2.27. The van der Waals surface area contributed by atoms with Crippen molar-refractivity contribution in [2.24, 2.45) is 4.99 Å². The van der Waals surface area contributed by atoms with E-state index in [4.69, 9.17) is 0 Å². The van der Waals surface area contributed by atoms with Gasteiger partial charge in [-0.3, -0.25) is 4.99 Å². The Labute approximate surface area is 83.4 Å². The zero-order valence-electron chi connectivity index (χ0n) is 8.20. The van der Waals surface area contributed by atoms with Crippen LogP contribution in [0.3, 0.4) is 0 Å². The number of hydrogen-bond acceptors (Lipinski definition) is 3. The third-order valence-electron chi connectivity index (χ3n) is 2.87. The second-order valence-corrected chi connectivity index (χ2v) is 3.94. The van der Waals surface area contributed by atoms with Gasteiger partial charge in [-0.15, -0.1) is 0 Å². The number of benzene rings is 1. The Hall–Kier alpha value is -1.51. The molecule has 0 aliphatic carbocycles. The Morgan fingerprint density at radius 2 is 2.43 bits per heavy atom. The first kappa shape index (κ1) is 7.85. The van der Waals surface area contributed by atoms with Crippen LogP contribution in [0.1, 0.15) is 5.56 Å². The Bertz CT molecular complexity index is 398. The van der Waals surface area contributed by atoms with Gasteiger partial charge in [0.15, 0.2) is 0 Å². The number of anilines is 2. The molecular weight excluding hydrogens is 174 g/mol. The molecule has 1 unspecified atom stereocenters. The quantitative estimate of drug-likeness (QED) is 0.668. The summed E-state index contributed by atoms with van der Waals surface area (Å²) >= 11 is 0. The van der Waals surface area contributed by atoms with Crippen LogP contribution in [0.15, 0.2) is 23.2 Å². The molecule has 0 saturated heterocycles. The molecule has 0 radical (unpaired) electrons. The van der Waals surface area contributed by atoms with E-state index in [1.807, 2.05) is 6.34 Å². The zero-order chi connectivity index (χ0) is 9.54. The Balaban J connectivity index is 2.09. The molecule has 0 amide bonds. The summed E-state index contributed by atoms with van der Waals surface area (Å²) < 4.78 is 0. The summed E-state index contributed by atoms with van der Waals surface area (Å²) in [6.45, 7) is 4.03. The minimum Gasteiger partial charge on any atom is -0.381 e. The first-order valence-electron chi connectivity index (χ1n) is 4.97. The molecule has 1 aromatic rings. The molecule has 3 heteroatoms. The predicted octanol–water partition coefficient (Wildman–Crippen LogP) is 1.64. The fourth-order valence-electron chi connectivity index (χ4n) is 2.11. The molecule has 72 valence electrons. The summed E-state index contributed by atoms with van der Waals surface area (Å²) in [4.78, 5) is 6.58. The van der Waals surface area contributed by atoms with Crippen molar-refractivity contribution in [2.75, 3.05) is 23.3 Å². The van der Waals surface area contributed by atoms with Crippen molar-refractivity contribution in [2.45, 2.75) is 13.0 Å². The lowest BCUT2D eigenvalue weighted by atomic mass is 10.1. The van der Waals surface area contributed by atoms with E-state index in [1.165, 1.54) is 16.9 Å². The van der Waals surface area contributed by atoms with Gasteiger partial charge in [0.25, 0.3) is 0 Å². The van der Waals surface area contributed by atoms with E-state index in [1.54, 1.807) is 0 Å². The van der Waals surface area contributed by atoms with Crippen LogP contribution in [0.5, 0.6) is 0 Å². The van der Waals surface area contributed by atoms with Crippen LogP contribution in [0, 0.1) is 6.92 Å². The summed E-state index contributed by atoms with van der Waals surface area (Å²) in [5.41, 5.74) is 3.79. The van der Waals surface area contributed by atoms with E-state index in [0.717, 1.165) is 13.1 Å². The summed E-state index contributed by atoms with van der Waals surface area (Å²) in [6.07, 6.45) is 1.96. The molecule has 0 fully saturated rings. The molecule has 1 atom stereocenters. The standard InChI is InChI=1S/C11H13N3/c1-8-2-3-11-10(4-8)13-6-9-5-12-7-14(9)11/h2-4,7,9,13H,5-6H2,1H3. The number of aliphatic imine (C=N–C) groups is 1. The number of fused-ring (bicyclic) bond motifs is 3. The van der Waals surface area contributed by atoms with Crippen LogP contribution in [0.4, 0.5) is 11.4 Å². The number of nitrogens with one attached hydrogen (secondary N) is 1. The van der Waals surface area contributed by atoms with Gasteiger partial charge in [-0.2, -0.15) is 0 Å². The number of aryl methyl sites for hydroxylation is 1. The highest BCUT2D eigenvalue weighted by molar-refractivity contribution is 5.90. The van der Waals surface area contributed by atoms with Crippen molar-refractivity contribution in [3.05, 3.63) is 23.8 Å². The van der Waals surface area contributed by atoms with Gasteiger partial charge in [-0.25, -0.2) is 0 Å². The molecule has 2 aliphatic rings. The average Bonchev–Trinajstić information content (AvgIpc) is 2.65. The molecule has 0 spiro atoms. The third kappa shape index (κ3) is 1.02. The van der Waals surface area contributed by atoms with Crippen molar-refractivity contribution in [1.82, 2.24) is 0 Å². The average molecular weight is 187 g/mol. The van der Waals surface area contributed by atoms with E-state index < -0.39 is 0 Å². The molecule has 1 aromatic carbocycles. The van der Waals surface area contributed by atoms with Gasteiger partial charge >= 0.3 is 0 Å². The Morgan fingerprint density at radius 1 is 1.50 bits per heavy atom. The van der Waals surface area contributed by atoms with Crippen LogP contribution >= 0.6 is 0 Å². The summed E-state index contributed by atoms with van der Waals surface area (Å²) in [5.74, 6) is 0. The van der Waals surface area contributed by atoms with Gasteiger partial charge in [0.05, 0.1) is 30.3 Å². The van der Waals surface area contributed by atoms with Crippen LogP contribution in [-0.2, 0) is 0 Å². The van der Waals surface area contributed by atoms with Crippen molar-refractivity contribution in [3.8, 4) is 0 Å². The van der Waals surface area contributed by atoms with E-state index in [9.17, 15) is 0 Å². The second-order valence-electron chi connectivity index (χ2n) is 3.94. The summed E-state index contributed by atoms with van der Waals surface area (Å²) in [7, 11) is 0. The van der Waals surface area contributed by atoms with Crippen molar-refractivity contribution < 1.29 is 0 Å². The van der Waals surface area contributed by atoms with Crippen LogP contribution in [0.2, 0.25) is 0 Å². The first-order valence-corrected chi connectivity index (χ1v) is 4.97. The molecule has 2 heterocycles. The van der Waals surface area contributed by atoms with E-state index in [0.29, 0.717) is 6.04 Å². The maximum Gasteiger partial charge on any atom is 0.0899 e. The minimum absolute atomic E-state index is 0.519. The van der Waals surface area contributed by atoms with Gasteiger partial charge in [-0.1, -0.05) is 6.07 Å². The number of nitrogens with zero attached hydrogens (tertiary/aromatic N) is 2. The molecule has 3 nitrogen and oxygen atoms in total. The maximum atomic E-state index is 4.31. The summed E-state index contributed by atoms with van der Waals surface area (Å²) in [5, 5.41) is 3.45. The predicted molar refractivity (Wildman–Crippen MR) is 59.3 cm³/mol. The smallest absolute Gasteiger partial charge is 0.0899 e. The second kappa shape index (κ2) is 2.74. The van der Waals surface area contributed by atoms with Gasteiger partial charge < -0.3 is 10.2 Å². The Kier molecular flexibility index (Phi) is 1.54. The molecule has 0 bridgehead atoms. The maximum absolute atomic E-state index is 4.31. The van der Waals surface area contributed by atoms with Gasteiger partial charge in [0, 0.05) is 6.54 Å². The van der Waals surface area contributed by atoms with E-state index in [-0.39, 0.29) is 0 Å². The SMILES string of the molecule is Cc1ccc2c(c1)NCC1CN=CN21. The molecule has 3 rings (SSSR count). The van der Waals surface area contributed by atoms with E-state index in [2.05, 4.69) is 40.3 Å². The molecule has 2 aliphatic heterocycles. The zero-order valence-corrected chi connectivity index (χ0v) is 8.20. The number of rotatable bonds is 0. The molecule has 1 N–H and O–H groups in total. The highest BCUT2D eigenvalue weighted by Crippen LogP contribution is 2.32. The van der Waals surface area contributed by atoms with E-state index >= 15 is 0 Å². The fraction of sp³-hybridized carbons (Fsp3) is 0.364. The molecule has 14 heavy (non-hydrogen) atoms. The highest BCUT2D eigenvalue weighted by atomic mass is 15.3. The third-order valence-corrected chi connectivity index (χ3v) is 2.87. The van der Waals surface area contributed by atoms with Gasteiger partial charge in [-0.05, 0) is 24.6 Å². The van der Waals surface area contributed by atoms with Crippen LogP contribution in [0.25, 0.3) is 0 Å².